The van der Waals surface area contributed by atoms with Crippen molar-refractivity contribution in [1.29, 1.82) is 0 Å². The molecule has 106 valence electrons. The molecule has 1 heterocycles. The Kier molecular flexibility index (Phi) is 4.03. The molecule has 0 spiro atoms. The Balaban J connectivity index is 2.42. The van der Waals surface area contributed by atoms with Gasteiger partial charge in [0.25, 0.3) is 0 Å². The largest absolute Gasteiger partial charge is 0.314 e. The van der Waals surface area contributed by atoms with Crippen LogP contribution >= 0.6 is 0 Å². The number of aryl methyl sites for hydroxylation is 2. The number of hydrogen-bond acceptors (Lipinski definition) is 2. The van der Waals surface area contributed by atoms with Gasteiger partial charge in [0.15, 0.2) is 0 Å². The van der Waals surface area contributed by atoms with Crippen molar-refractivity contribution in [2.75, 3.05) is 26.7 Å². The molecule has 1 saturated heterocycles. The lowest BCUT2D eigenvalue weighted by atomic mass is 9.82. The van der Waals surface area contributed by atoms with E-state index >= 15 is 0 Å². The van der Waals surface area contributed by atoms with Crippen molar-refractivity contribution < 1.29 is 0 Å². The number of nitrogens with zero attached hydrogens (tertiary/aromatic N) is 1. The summed E-state index contributed by atoms with van der Waals surface area (Å²) < 4.78 is 0. The molecule has 1 fully saturated rings. The Labute approximate surface area is 118 Å². The van der Waals surface area contributed by atoms with E-state index < -0.39 is 0 Å². The number of benzene rings is 1. The van der Waals surface area contributed by atoms with Gasteiger partial charge < -0.3 is 5.32 Å². The fourth-order valence-corrected chi connectivity index (χ4v) is 3.06. The van der Waals surface area contributed by atoms with Gasteiger partial charge in [-0.25, -0.2) is 0 Å². The molecule has 0 amide bonds. The van der Waals surface area contributed by atoms with E-state index in [1.807, 2.05) is 0 Å². The van der Waals surface area contributed by atoms with Crippen LogP contribution in [-0.2, 0) is 5.41 Å². The number of nitrogens with one attached hydrogen (secondary N) is 1. The lowest BCUT2D eigenvalue weighted by Gasteiger charge is -2.36. The summed E-state index contributed by atoms with van der Waals surface area (Å²) in [5.74, 6) is 0. The lowest BCUT2D eigenvalue weighted by Crippen LogP contribution is -2.44. The second kappa shape index (κ2) is 5.26. The third kappa shape index (κ3) is 3.01. The molecule has 0 radical (unpaired) electrons. The van der Waals surface area contributed by atoms with Gasteiger partial charge in [-0.3, -0.25) is 4.90 Å². The van der Waals surface area contributed by atoms with Crippen molar-refractivity contribution in [2.24, 2.45) is 0 Å². The first-order chi connectivity index (χ1) is 8.80. The van der Waals surface area contributed by atoms with Crippen LogP contribution in [0.3, 0.4) is 0 Å². The van der Waals surface area contributed by atoms with Gasteiger partial charge in [-0.1, -0.05) is 32.9 Å². The Bertz CT molecular complexity index is 434. The van der Waals surface area contributed by atoms with E-state index in [-0.39, 0.29) is 5.41 Å². The molecule has 1 atom stereocenters. The maximum atomic E-state index is 3.52. The van der Waals surface area contributed by atoms with E-state index in [2.05, 4.69) is 64.0 Å². The number of hydrogen-bond donors (Lipinski definition) is 1. The third-order valence-corrected chi connectivity index (χ3v) is 4.30. The first kappa shape index (κ1) is 14.5. The monoisotopic (exact) mass is 260 g/mol. The average molecular weight is 260 g/mol. The fourth-order valence-electron chi connectivity index (χ4n) is 3.06. The van der Waals surface area contributed by atoms with Crippen LogP contribution in [0.25, 0.3) is 0 Å². The van der Waals surface area contributed by atoms with Gasteiger partial charge in [-0.15, -0.1) is 0 Å². The van der Waals surface area contributed by atoms with Crippen LogP contribution in [0.5, 0.6) is 0 Å². The topological polar surface area (TPSA) is 15.3 Å². The van der Waals surface area contributed by atoms with Crippen molar-refractivity contribution >= 4 is 0 Å². The molecule has 2 nitrogen and oxygen atoms in total. The molecule has 1 aromatic rings. The predicted octanol–water partition coefficient (Wildman–Crippen LogP) is 3.18. The molecule has 0 saturated carbocycles. The Morgan fingerprint density at radius 2 is 1.74 bits per heavy atom. The van der Waals surface area contributed by atoms with Crippen LogP contribution in [0.1, 0.15) is 49.1 Å². The quantitative estimate of drug-likeness (QED) is 0.834. The molecule has 0 bridgehead atoms. The first-order valence-corrected chi connectivity index (χ1v) is 7.33. The Hall–Kier alpha value is -0.860. The van der Waals surface area contributed by atoms with E-state index in [9.17, 15) is 0 Å². The van der Waals surface area contributed by atoms with Gasteiger partial charge in [0.1, 0.15) is 0 Å². The minimum absolute atomic E-state index is 0.227. The zero-order chi connectivity index (χ0) is 14.2. The highest BCUT2D eigenvalue weighted by atomic mass is 15.2. The van der Waals surface area contributed by atoms with Gasteiger partial charge in [0.05, 0.1) is 0 Å². The minimum atomic E-state index is 0.227. The second-order valence-corrected chi connectivity index (χ2v) is 6.97. The predicted molar refractivity (Wildman–Crippen MR) is 82.9 cm³/mol. The SMILES string of the molecule is Cc1cc(C(C)(C)C)cc(C)c1C1CNCCN1C. The van der Waals surface area contributed by atoms with Crippen LogP contribution in [0.2, 0.25) is 0 Å². The van der Waals surface area contributed by atoms with Crippen molar-refractivity contribution in [3.63, 3.8) is 0 Å². The van der Waals surface area contributed by atoms with Crippen molar-refractivity contribution in [3.8, 4) is 0 Å². The summed E-state index contributed by atoms with van der Waals surface area (Å²) >= 11 is 0. The lowest BCUT2D eigenvalue weighted by molar-refractivity contribution is 0.201. The third-order valence-electron chi connectivity index (χ3n) is 4.30. The van der Waals surface area contributed by atoms with Crippen LogP contribution in [-0.4, -0.2) is 31.6 Å². The molecule has 0 aliphatic carbocycles. The minimum Gasteiger partial charge on any atom is -0.314 e. The Morgan fingerprint density at radius 1 is 1.16 bits per heavy atom. The van der Waals surface area contributed by atoms with E-state index in [0.29, 0.717) is 6.04 Å². The molecule has 19 heavy (non-hydrogen) atoms. The van der Waals surface area contributed by atoms with Crippen LogP contribution < -0.4 is 5.32 Å². The second-order valence-electron chi connectivity index (χ2n) is 6.97. The zero-order valence-corrected chi connectivity index (χ0v) is 13.3. The number of piperazine rings is 1. The number of likely N-dealkylation sites (N-methyl/N-ethyl adjacent to an activating group) is 1. The summed E-state index contributed by atoms with van der Waals surface area (Å²) in [6.07, 6.45) is 0. The molecule has 1 aliphatic rings. The molecule has 2 rings (SSSR count). The van der Waals surface area contributed by atoms with E-state index in [4.69, 9.17) is 0 Å². The summed E-state index contributed by atoms with van der Waals surface area (Å²) in [5.41, 5.74) is 6.06. The van der Waals surface area contributed by atoms with Crippen LogP contribution in [0.4, 0.5) is 0 Å². The molecule has 1 N–H and O–H groups in total. The maximum absolute atomic E-state index is 3.52. The van der Waals surface area contributed by atoms with Crippen molar-refractivity contribution in [3.05, 3.63) is 34.4 Å². The molecule has 1 aromatic carbocycles. The number of rotatable bonds is 1. The smallest absolute Gasteiger partial charge is 0.0475 e. The van der Waals surface area contributed by atoms with E-state index in [1.165, 1.54) is 22.3 Å². The summed E-state index contributed by atoms with van der Waals surface area (Å²) in [5, 5.41) is 3.52. The summed E-state index contributed by atoms with van der Waals surface area (Å²) in [7, 11) is 2.24. The summed E-state index contributed by atoms with van der Waals surface area (Å²) in [4.78, 5) is 2.47. The molecule has 1 aliphatic heterocycles. The summed E-state index contributed by atoms with van der Waals surface area (Å²) in [6.45, 7) is 14.7. The molecular formula is C17H28N2. The van der Waals surface area contributed by atoms with Gasteiger partial charge in [-0.05, 0) is 48.6 Å². The van der Waals surface area contributed by atoms with Crippen molar-refractivity contribution in [2.45, 2.75) is 46.1 Å². The highest BCUT2D eigenvalue weighted by Crippen LogP contribution is 2.32. The standard InChI is InChI=1S/C17H28N2/c1-12-9-14(17(3,4)5)10-13(2)16(12)15-11-18-7-8-19(15)6/h9-10,15,18H,7-8,11H2,1-6H3. The maximum Gasteiger partial charge on any atom is 0.0475 e. The highest BCUT2D eigenvalue weighted by molar-refractivity contribution is 5.42. The van der Waals surface area contributed by atoms with Crippen LogP contribution in [0, 0.1) is 13.8 Å². The van der Waals surface area contributed by atoms with Crippen molar-refractivity contribution in [1.82, 2.24) is 10.2 Å². The molecule has 0 aromatic heterocycles. The fraction of sp³-hybridized carbons (Fsp3) is 0.647. The Morgan fingerprint density at radius 3 is 2.21 bits per heavy atom. The van der Waals surface area contributed by atoms with Gasteiger partial charge >= 0.3 is 0 Å². The zero-order valence-electron chi connectivity index (χ0n) is 13.3. The summed E-state index contributed by atoms with van der Waals surface area (Å²) in [6, 6.07) is 5.28. The molecule has 2 heteroatoms. The van der Waals surface area contributed by atoms with E-state index in [0.717, 1.165) is 19.6 Å². The average Bonchev–Trinajstić information content (AvgIpc) is 2.29. The molecular weight excluding hydrogens is 232 g/mol. The highest BCUT2D eigenvalue weighted by Gasteiger charge is 2.25. The van der Waals surface area contributed by atoms with Gasteiger partial charge in [-0.2, -0.15) is 0 Å². The first-order valence-electron chi connectivity index (χ1n) is 7.33. The van der Waals surface area contributed by atoms with E-state index in [1.54, 1.807) is 0 Å². The molecule has 1 unspecified atom stereocenters. The van der Waals surface area contributed by atoms with Crippen LogP contribution in [0.15, 0.2) is 12.1 Å². The van der Waals surface area contributed by atoms with Gasteiger partial charge in [0, 0.05) is 25.7 Å². The normalized spacial score (nSPS) is 21.7. The van der Waals surface area contributed by atoms with Gasteiger partial charge in [0.2, 0.25) is 0 Å².